The van der Waals surface area contributed by atoms with Crippen LogP contribution >= 0.6 is 0 Å². The predicted molar refractivity (Wildman–Crippen MR) is 33.7 cm³/mol. The number of nitrogens with one attached hydrogen (secondary N) is 1. The first-order valence-electron chi connectivity index (χ1n) is 3.31. The molecule has 1 saturated heterocycles. The Labute approximate surface area is 49.8 Å². The molecule has 2 aliphatic rings. The van der Waals surface area contributed by atoms with Gasteiger partial charge in [-0.15, -0.1) is 0 Å². The summed E-state index contributed by atoms with van der Waals surface area (Å²) in [5.74, 6) is 0. The fourth-order valence-electron chi connectivity index (χ4n) is 1.53. The average molecular weight is 109 g/mol. The summed E-state index contributed by atoms with van der Waals surface area (Å²) in [7, 11) is 0. The summed E-state index contributed by atoms with van der Waals surface area (Å²) in [6, 6.07) is 1.56. The van der Waals surface area contributed by atoms with Crippen LogP contribution in [0.1, 0.15) is 19.3 Å². The fourth-order valence-corrected chi connectivity index (χ4v) is 1.53. The van der Waals surface area contributed by atoms with Crippen molar-refractivity contribution < 1.29 is 0 Å². The number of fused-ring (bicyclic) bond motifs is 1. The molecule has 2 unspecified atom stereocenters. The van der Waals surface area contributed by atoms with E-state index in [4.69, 9.17) is 0 Å². The van der Waals surface area contributed by atoms with Crippen LogP contribution in [0.2, 0.25) is 0 Å². The molecule has 0 amide bonds. The van der Waals surface area contributed by atoms with E-state index in [0.29, 0.717) is 0 Å². The minimum atomic E-state index is 0.726. The molecular weight excluding hydrogens is 98.1 g/mol. The number of rotatable bonds is 0. The lowest BCUT2D eigenvalue weighted by molar-refractivity contribution is 0.664. The van der Waals surface area contributed by atoms with Gasteiger partial charge in [0.25, 0.3) is 0 Å². The Hall–Kier alpha value is -0.300. The van der Waals surface area contributed by atoms with Crippen LogP contribution in [0.15, 0.2) is 12.2 Å². The smallest absolute Gasteiger partial charge is 0.0435 e. The molecule has 2 atom stereocenters. The van der Waals surface area contributed by atoms with Gasteiger partial charge in [0.2, 0.25) is 0 Å². The topological polar surface area (TPSA) is 21.9 Å². The zero-order chi connectivity index (χ0) is 5.56. The second kappa shape index (κ2) is 1.35. The summed E-state index contributed by atoms with van der Waals surface area (Å²) in [5, 5.41) is 3.38. The summed E-state index contributed by atoms with van der Waals surface area (Å²) in [6.07, 6.45) is 3.99. The van der Waals surface area contributed by atoms with Crippen LogP contribution in [0.25, 0.3) is 0 Å². The van der Waals surface area contributed by atoms with Crippen molar-refractivity contribution in [2.75, 3.05) is 0 Å². The van der Waals surface area contributed by atoms with Gasteiger partial charge in [-0.2, -0.15) is 0 Å². The van der Waals surface area contributed by atoms with Crippen LogP contribution < -0.4 is 5.32 Å². The largest absolute Gasteiger partial charge is 0.304 e. The number of hydrogen-bond donors (Lipinski definition) is 1. The molecule has 44 valence electrons. The third-order valence-corrected chi connectivity index (χ3v) is 2.14. The quantitative estimate of drug-likeness (QED) is 0.364. The Morgan fingerprint density at radius 1 is 1.62 bits per heavy atom. The molecule has 0 aromatic rings. The Morgan fingerprint density at radius 2 is 2.50 bits per heavy atom. The monoisotopic (exact) mass is 109 g/mol. The average Bonchev–Trinajstić information content (AvgIpc) is 2.45. The molecule has 2 rings (SSSR count). The van der Waals surface area contributed by atoms with Gasteiger partial charge in [-0.3, -0.25) is 0 Å². The van der Waals surface area contributed by atoms with E-state index >= 15 is 0 Å². The van der Waals surface area contributed by atoms with E-state index in [1.807, 2.05) is 0 Å². The standard InChI is InChI=1S/C7H11N/c1-5-3-2-4-6-7(5)8-6/h6-8H,1-4H2. The van der Waals surface area contributed by atoms with Gasteiger partial charge in [-0.25, -0.2) is 0 Å². The van der Waals surface area contributed by atoms with Gasteiger partial charge in [0, 0.05) is 12.1 Å². The fraction of sp³-hybridized carbons (Fsp3) is 0.714. The molecular formula is C7H11N. The van der Waals surface area contributed by atoms with E-state index in [0.717, 1.165) is 12.1 Å². The predicted octanol–water partition coefficient (Wildman–Crippen LogP) is 1.07. The molecule has 0 spiro atoms. The summed E-state index contributed by atoms with van der Waals surface area (Å²) in [6.45, 7) is 3.97. The first-order chi connectivity index (χ1) is 3.88. The van der Waals surface area contributed by atoms with Crippen LogP contribution in [-0.2, 0) is 0 Å². The van der Waals surface area contributed by atoms with E-state index in [1.54, 1.807) is 0 Å². The second-order valence-corrected chi connectivity index (χ2v) is 2.80. The molecule has 1 saturated carbocycles. The highest BCUT2D eigenvalue weighted by molar-refractivity contribution is 5.22. The van der Waals surface area contributed by atoms with E-state index in [2.05, 4.69) is 11.9 Å². The van der Waals surface area contributed by atoms with Gasteiger partial charge in [-0.1, -0.05) is 12.2 Å². The summed E-state index contributed by atoms with van der Waals surface area (Å²) in [4.78, 5) is 0. The highest BCUT2D eigenvalue weighted by Crippen LogP contribution is 2.31. The van der Waals surface area contributed by atoms with Crippen molar-refractivity contribution in [1.82, 2.24) is 5.32 Å². The molecule has 0 aromatic carbocycles. The zero-order valence-electron chi connectivity index (χ0n) is 4.98. The molecule has 0 bridgehead atoms. The maximum absolute atomic E-state index is 3.97. The SMILES string of the molecule is C=C1CCCC2NC12. The third kappa shape index (κ3) is 0.511. The Balaban J connectivity index is 2.08. The Kier molecular flexibility index (Phi) is 0.770. The first-order valence-corrected chi connectivity index (χ1v) is 3.31. The molecule has 1 nitrogen and oxygen atoms in total. The molecule has 1 aliphatic carbocycles. The highest BCUT2D eigenvalue weighted by atomic mass is 15.2. The Bertz CT molecular complexity index is 128. The van der Waals surface area contributed by atoms with E-state index in [9.17, 15) is 0 Å². The van der Waals surface area contributed by atoms with Gasteiger partial charge in [0.15, 0.2) is 0 Å². The van der Waals surface area contributed by atoms with Crippen molar-refractivity contribution >= 4 is 0 Å². The van der Waals surface area contributed by atoms with Crippen molar-refractivity contribution in [3.05, 3.63) is 12.2 Å². The molecule has 2 fully saturated rings. The van der Waals surface area contributed by atoms with Gasteiger partial charge in [0.05, 0.1) is 0 Å². The van der Waals surface area contributed by atoms with Crippen LogP contribution in [-0.4, -0.2) is 12.1 Å². The number of hydrogen-bond acceptors (Lipinski definition) is 1. The molecule has 1 N–H and O–H groups in total. The summed E-state index contributed by atoms with van der Waals surface area (Å²) in [5.41, 5.74) is 1.43. The third-order valence-electron chi connectivity index (χ3n) is 2.14. The Morgan fingerprint density at radius 3 is 3.12 bits per heavy atom. The van der Waals surface area contributed by atoms with Crippen molar-refractivity contribution in [1.29, 1.82) is 0 Å². The molecule has 8 heavy (non-hydrogen) atoms. The zero-order valence-corrected chi connectivity index (χ0v) is 4.98. The molecule has 1 aliphatic heterocycles. The lowest BCUT2D eigenvalue weighted by Gasteiger charge is -2.07. The van der Waals surface area contributed by atoms with E-state index < -0.39 is 0 Å². The lowest BCUT2D eigenvalue weighted by Crippen LogP contribution is -2.03. The minimum absolute atomic E-state index is 0.726. The van der Waals surface area contributed by atoms with Crippen LogP contribution in [0.4, 0.5) is 0 Å². The second-order valence-electron chi connectivity index (χ2n) is 2.80. The van der Waals surface area contributed by atoms with Gasteiger partial charge >= 0.3 is 0 Å². The maximum atomic E-state index is 3.97. The van der Waals surface area contributed by atoms with Crippen molar-refractivity contribution in [2.45, 2.75) is 31.3 Å². The van der Waals surface area contributed by atoms with Crippen molar-refractivity contribution in [3.63, 3.8) is 0 Å². The molecule has 1 heteroatoms. The molecule has 0 radical (unpaired) electrons. The van der Waals surface area contributed by atoms with Crippen LogP contribution in [0.3, 0.4) is 0 Å². The highest BCUT2D eigenvalue weighted by Gasteiger charge is 2.39. The lowest BCUT2D eigenvalue weighted by atomic mass is 9.97. The molecule has 0 aromatic heterocycles. The normalized spacial score (nSPS) is 43.8. The van der Waals surface area contributed by atoms with Crippen molar-refractivity contribution in [2.24, 2.45) is 0 Å². The van der Waals surface area contributed by atoms with Gasteiger partial charge in [-0.05, 0) is 19.3 Å². The van der Waals surface area contributed by atoms with Gasteiger partial charge in [0.1, 0.15) is 0 Å². The van der Waals surface area contributed by atoms with Crippen LogP contribution in [0.5, 0.6) is 0 Å². The summed E-state index contributed by atoms with van der Waals surface area (Å²) < 4.78 is 0. The molecule has 1 heterocycles. The maximum Gasteiger partial charge on any atom is 0.0435 e. The van der Waals surface area contributed by atoms with Gasteiger partial charge < -0.3 is 5.32 Å². The first kappa shape index (κ1) is 4.57. The van der Waals surface area contributed by atoms with E-state index in [-0.39, 0.29) is 0 Å². The van der Waals surface area contributed by atoms with E-state index in [1.165, 1.54) is 24.8 Å². The van der Waals surface area contributed by atoms with Crippen LogP contribution in [0, 0.1) is 0 Å². The minimum Gasteiger partial charge on any atom is -0.304 e. The van der Waals surface area contributed by atoms with Crippen molar-refractivity contribution in [3.8, 4) is 0 Å². The summed E-state index contributed by atoms with van der Waals surface area (Å²) >= 11 is 0.